The van der Waals surface area contributed by atoms with E-state index in [4.69, 9.17) is 0 Å². The molecule has 0 saturated heterocycles. The van der Waals surface area contributed by atoms with Gasteiger partial charge in [-0.25, -0.2) is 0 Å². The summed E-state index contributed by atoms with van der Waals surface area (Å²) in [6.45, 7) is 15.3. The third-order valence-electron chi connectivity index (χ3n) is 2.06. The highest BCUT2D eigenvalue weighted by Gasteiger charge is 2.08. The Hall–Kier alpha value is -0.460. The van der Waals surface area contributed by atoms with Gasteiger partial charge in [0.1, 0.15) is 0 Å². The first-order chi connectivity index (χ1) is 5.63. The maximum absolute atomic E-state index is 4.12. The Morgan fingerprint density at radius 1 is 1.17 bits per heavy atom. The molecule has 0 unspecified atom stereocenters. The van der Waals surface area contributed by atoms with Crippen LogP contribution in [0.25, 0.3) is 0 Å². The number of nitrogens with zero attached hydrogens (tertiary/aromatic N) is 1. The highest BCUT2D eigenvalue weighted by Crippen LogP contribution is 2.13. The lowest BCUT2D eigenvalue weighted by Gasteiger charge is -2.28. The van der Waals surface area contributed by atoms with E-state index in [1.54, 1.807) is 0 Å². The van der Waals surface area contributed by atoms with Crippen molar-refractivity contribution in [2.75, 3.05) is 13.1 Å². The first-order valence-electron chi connectivity index (χ1n) is 5.07. The minimum absolute atomic E-state index is 0.586. The van der Waals surface area contributed by atoms with Gasteiger partial charge in [-0.15, -0.1) is 0 Å². The Kier molecular flexibility index (Phi) is 5.87. The molecule has 0 N–H and O–H groups in total. The van der Waals surface area contributed by atoms with Gasteiger partial charge in [-0.1, -0.05) is 34.3 Å². The van der Waals surface area contributed by atoms with Crippen molar-refractivity contribution >= 4 is 0 Å². The molecule has 0 aliphatic carbocycles. The minimum atomic E-state index is 0.586. The van der Waals surface area contributed by atoms with Crippen molar-refractivity contribution in [3.8, 4) is 0 Å². The summed E-state index contributed by atoms with van der Waals surface area (Å²) in [5, 5.41) is 0. The van der Waals surface area contributed by atoms with E-state index < -0.39 is 0 Å². The molecule has 0 aromatic rings. The van der Waals surface area contributed by atoms with Gasteiger partial charge in [0.2, 0.25) is 0 Å². The summed E-state index contributed by atoms with van der Waals surface area (Å²) in [6.07, 6.45) is 2.43. The molecule has 0 radical (unpaired) electrons. The van der Waals surface area contributed by atoms with Crippen molar-refractivity contribution in [2.45, 2.75) is 40.5 Å². The molecule has 0 bridgehead atoms. The molecule has 0 saturated carbocycles. The van der Waals surface area contributed by atoms with Crippen LogP contribution >= 0.6 is 0 Å². The van der Waals surface area contributed by atoms with Gasteiger partial charge in [-0.2, -0.15) is 0 Å². The predicted molar refractivity (Wildman–Crippen MR) is 56.1 cm³/mol. The molecular weight excluding hydrogens is 146 g/mol. The summed E-state index contributed by atoms with van der Waals surface area (Å²) < 4.78 is 0. The van der Waals surface area contributed by atoms with Gasteiger partial charge < -0.3 is 4.90 Å². The fourth-order valence-electron chi connectivity index (χ4n) is 1.30. The van der Waals surface area contributed by atoms with E-state index in [0.29, 0.717) is 5.92 Å². The number of rotatable bonds is 6. The molecule has 12 heavy (non-hydrogen) atoms. The van der Waals surface area contributed by atoms with Crippen molar-refractivity contribution < 1.29 is 0 Å². The Labute approximate surface area is 77.5 Å². The van der Waals surface area contributed by atoms with Crippen LogP contribution in [0.1, 0.15) is 40.5 Å². The molecule has 0 aliphatic heterocycles. The monoisotopic (exact) mass is 169 g/mol. The van der Waals surface area contributed by atoms with Gasteiger partial charge in [0, 0.05) is 18.8 Å². The second-order valence-corrected chi connectivity index (χ2v) is 3.63. The molecule has 0 spiro atoms. The van der Waals surface area contributed by atoms with Crippen LogP contribution in [-0.2, 0) is 0 Å². The lowest BCUT2D eigenvalue weighted by Crippen LogP contribution is -2.26. The first kappa shape index (κ1) is 11.5. The van der Waals surface area contributed by atoms with Crippen LogP contribution in [0.4, 0.5) is 0 Å². The fourth-order valence-corrected chi connectivity index (χ4v) is 1.30. The summed E-state index contributed by atoms with van der Waals surface area (Å²) in [6, 6.07) is 0. The molecule has 1 heteroatoms. The molecule has 0 atom stereocenters. The summed E-state index contributed by atoms with van der Waals surface area (Å²) in [5.41, 5.74) is 1.29. The van der Waals surface area contributed by atoms with Crippen LogP contribution in [0.5, 0.6) is 0 Å². The van der Waals surface area contributed by atoms with Gasteiger partial charge in [-0.3, -0.25) is 0 Å². The van der Waals surface area contributed by atoms with Crippen LogP contribution in [0.15, 0.2) is 12.3 Å². The van der Waals surface area contributed by atoms with Crippen LogP contribution < -0.4 is 0 Å². The van der Waals surface area contributed by atoms with E-state index in [2.05, 4.69) is 39.2 Å². The smallest absolute Gasteiger partial charge is 0.0172 e. The van der Waals surface area contributed by atoms with Crippen molar-refractivity contribution in [2.24, 2.45) is 5.92 Å². The average Bonchev–Trinajstić information content (AvgIpc) is 2.03. The molecule has 1 nitrogen and oxygen atoms in total. The second-order valence-electron chi connectivity index (χ2n) is 3.63. The molecule has 0 heterocycles. The molecule has 0 amide bonds. The van der Waals surface area contributed by atoms with Gasteiger partial charge >= 0.3 is 0 Å². The average molecular weight is 169 g/mol. The summed E-state index contributed by atoms with van der Waals surface area (Å²) in [5.74, 6) is 0.586. The predicted octanol–water partition coefficient (Wildman–Crippen LogP) is 3.28. The van der Waals surface area contributed by atoms with Crippen LogP contribution in [0.3, 0.4) is 0 Å². The van der Waals surface area contributed by atoms with Crippen molar-refractivity contribution in [1.29, 1.82) is 0 Å². The van der Waals surface area contributed by atoms with Crippen molar-refractivity contribution in [3.05, 3.63) is 12.3 Å². The SMILES string of the molecule is C=C(C(C)C)N(CCC)CCC. The Balaban J connectivity index is 3.99. The number of hydrogen-bond donors (Lipinski definition) is 0. The van der Waals surface area contributed by atoms with Crippen molar-refractivity contribution in [1.82, 2.24) is 4.90 Å². The largest absolute Gasteiger partial charge is 0.375 e. The third kappa shape index (κ3) is 3.80. The molecular formula is C11H23N. The first-order valence-corrected chi connectivity index (χ1v) is 5.07. The molecule has 0 rings (SSSR count). The van der Waals surface area contributed by atoms with E-state index in [9.17, 15) is 0 Å². The van der Waals surface area contributed by atoms with Gasteiger partial charge in [0.25, 0.3) is 0 Å². The lowest BCUT2D eigenvalue weighted by molar-refractivity contribution is 0.315. The number of hydrogen-bond acceptors (Lipinski definition) is 1. The molecule has 72 valence electrons. The van der Waals surface area contributed by atoms with Gasteiger partial charge in [0.05, 0.1) is 0 Å². The highest BCUT2D eigenvalue weighted by molar-refractivity contribution is 4.96. The summed E-state index contributed by atoms with van der Waals surface area (Å²) >= 11 is 0. The Morgan fingerprint density at radius 2 is 1.58 bits per heavy atom. The topological polar surface area (TPSA) is 3.24 Å². The molecule has 0 aliphatic rings. The van der Waals surface area contributed by atoms with E-state index in [-0.39, 0.29) is 0 Å². The summed E-state index contributed by atoms with van der Waals surface area (Å²) in [7, 11) is 0. The molecule has 0 aromatic heterocycles. The minimum Gasteiger partial charge on any atom is -0.375 e. The van der Waals surface area contributed by atoms with Gasteiger partial charge in [0.15, 0.2) is 0 Å². The van der Waals surface area contributed by atoms with E-state index in [1.165, 1.54) is 18.5 Å². The number of allylic oxidation sites excluding steroid dienone is 1. The zero-order chi connectivity index (χ0) is 9.56. The maximum atomic E-state index is 4.12. The van der Waals surface area contributed by atoms with Crippen LogP contribution in [0, 0.1) is 5.92 Å². The van der Waals surface area contributed by atoms with Crippen molar-refractivity contribution in [3.63, 3.8) is 0 Å². The normalized spacial score (nSPS) is 10.4. The Morgan fingerprint density at radius 3 is 1.83 bits per heavy atom. The van der Waals surface area contributed by atoms with E-state index in [1.807, 2.05) is 0 Å². The summed E-state index contributed by atoms with van der Waals surface area (Å²) in [4.78, 5) is 2.41. The zero-order valence-corrected chi connectivity index (χ0v) is 9.06. The zero-order valence-electron chi connectivity index (χ0n) is 9.06. The van der Waals surface area contributed by atoms with Gasteiger partial charge in [-0.05, 0) is 18.8 Å². The second kappa shape index (κ2) is 6.10. The quantitative estimate of drug-likeness (QED) is 0.590. The standard InChI is InChI=1S/C11H23N/c1-6-8-12(9-7-2)11(5)10(3)4/h10H,5-9H2,1-4H3. The molecule has 0 aromatic carbocycles. The molecule has 0 fully saturated rings. The van der Waals surface area contributed by atoms with E-state index >= 15 is 0 Å². The maximum Gasteiger partial charge on any atom is 0.0172 e. The third-order valence-corrected chi connectivity index (χ3v) is 2.06. The highest BCUT2D eigenvalue weighted by atomic mass is 15.1. The lowest BCUT2D eigenvalue weighted by atomic mass is 10.1. The Bertz CT molecular complexity index is 121. The van der Waals surface area contributed by atoms with E-state index in [0.717, 1.165) is 13.1 Å². The fraction of sp³-hybridized carbons (Fsp3) is 0.818. The van der Waals surface area contributed by atoms with Crippen LogP contribution in [0.2, 0.25) is 0 Å². The van der Waals surface area contributed by atoms with Crippen LogP contribution in [-0.4, -0.2) is 18.0 Å².